The molecule has 0 spiro atoms. The Balaban J connectivity index is 2.92. The fourth-order valence-corrected chi connectivity index (χ4v) is 0.456. The van der Waals surface area contributed by atoms with E-state index in [-0.39, 0.29) is 5.92 Å². The summed E-state index contributed by atoms with van der Waals surface area (Å²) in [5.74, 6) is 0.548. The minimum absolute atomic E-state index is 0.0982. The minimum atomic E-state index is -2.32. The summed E-state index contributed by atoms with van der Waals surface area (Å²) in [4.78, 5) is 0.655. The van der Waals surface area contributed by atoms with Gasteiger partial charge < -0.3 is 0 Å². The number of tetrazole rings is 1. The van der Waals surface area contributed by atoms with Gasteiger partial charge in [-0.2, -0.15) is 4.80 Å². The van der Waals surface area contributed by atoms with Crippen molar-refractivity contribution in [3.05, 3.63) is 5.82 Å². The lowest BCUT2D eigenvalue weighted by Crippen LogP contribution is -1.94. The third-order valence-electron chi connectivity index (χ3n) is 0.945. The lowest BCUT2D eigenvalue weighted by Gasteiger charge is -1.91. The molecule has 4 heteroatoms. The van der Waals surface area contributed by atoms with E-state index in [1.165, 1.54) is 0 Å². The van der Waals surface area contributed by atoms with Gasteiger partial charge in [-0.25, -0.2) is 0 Å². The molecule has 1 rings (SSSR count). The molecule has 0 unspecified atom stereocenters. The summed E-state index contributed by atoms with van der Waals surface area (Å²) in [5, 5.41) is 10.7. The van der Waals surface area contributed by atoms with E-state index in [2.05, 4.69) is 15.4 Å². The molecular weight excluding hydrogens is 116 g/mol. The van der Waals surface area contributed by atoms with Gasteiger partial charge in [-0.05, 0) is 5.21 Å². The molecule has 1 aromatic rings. The van der Waals surface area contributed by atoms with E-state index >= 15 is 0 Å². The van der Waals surface area contributed by atoms with Gasteiger partial charge in [0.25, 0.3) is 0 Å². The van der Waals surface area contributed by atoms with Crippen molar-refractivity contribution in [2.45, 2.75) is 19.8 Å². The predicted octanol–water partition coefficient (Wildman–Crippen LogP) is 0.333. The van der Waals surface area contributed by atoms with Gasteiger partial charge >= 0.3 is 0 Å². The molecule has 0 fully saturated rings. The number of aromatic nitrogens is 4. The Morgan fingerprint density at radius 1 is 1.67 bits per heavy atom. The number of nitrogens with zero attached hydrogens (tertiary/aromatic N) is 4. The van der Waals surface area contributed by atoms with Crippen molar-refractivity contribution in [1.82, 2.24) is 20.2 Å². The van der Waals surface area contributed by atoms with Crippen LogP contribution in [0.4, 0.5) is 0 Å². The third kappa shape index (κ3) is 1.25. The summed E-state index contributed by atoms with van der Waals surface area (Å²) in [6, 6.07) is 0. The minimum Gasteiger partial charge on any atom is -0.167 e. The highest BCUT2D eigenvalue weighted by Gasteiger charge is 2.03. The van der Waals surface area contributed by atoms with Crippen LogP contribution in [0.1, 0.15) is 29.7 Å². The van der Waals surface area contributed by atoms with Crippen LogP contribution in [0.15, 0.2) is 0 Å². The quantitative estimate of drug-likeness (QED) is 0.549. The molecule has 0 N–H and O–H groups in total. The van der Waals surface area contributed by atoms with E-state index in [1.54, 1.807) is 0 Å². The van der Waals surface area contributed by atoms with Gasteiger partial charge in [-0.1, -0.05) is 13.8 Å². The first-order chi connectivity index (χ1) is 5.41. The number of hydrogen-bond donors (Lipinski definition) is 0. The highest BCUT2D eigenvalue weighted by atomic mass is 15.6. The van der Waals surface area contributed by atoms with Gasteiger partial charge in [0.2, 0.25) is 0 Å². The summed E-state index contributed by atoms with van der Waals surface area (Å²) in [5.41, 5.74) is 0. The van der Waals surface area contributed by atoms with E-state index in [0.29, 0.717) is 10.6 Å². The first kappa shape index (κ1) is 3.29. The maximum absolute atomic E-state index is 6.96. The molecule has 0 radical (unpaired) electrons. The fraction of sp³-hybridized carbons (Fsp3) is 0.800. The van der Waals surface area contributed by atoms with Crippen LogP contribution < -0.4 is 0 Å². The Bertz CT molecular complexity index is 264. The van der Waals surface area contributed by atoms with Crippen molar-refractivity contribution in [2.75, 3.05) is 0 Å². The van der Waals surface area contributed by atoms with Crippen LogP contribution in [0.25, 0.3) is 0 Å². The molecule has 0 aliphatic carbocycles. The van der Waals surface area contributed by atoms with Gasteiger partial charge in [0.1, 0.15) is 0 Å². The second kappa shape index (κ2) is 2.13. The molecule has 0 bridgehead atoms. The third-order valence-corrected chi connectivity index (χ3v) is 0.945. The molecule has 9 heavy (non-hydrogen) atoms. The van der Waals surface area contributed by atoms with Crippen LogP contribution in [0.2, 0.25) is 0 Å². The van der Waals surface area contributed by atoms with E-state index in [0.717, 1.165) is 0 Å². The zero-order valence-corrected chi connectivity index (χ0v) is 5.37. The summed E-state index contributed by atoms with van der Waals surface area (Å²) < 4.78 is 20.9. The largest absolute Gasteiger partial charge is 0.177 e. The maximum Gasteiger partial charge on any atom is 0.177 e. The van der Waals surface area contributed by atoms with Crippen LogP contribution in [0.3, 0.4) is 0 Å². The fourth-order valence-electron chi connectivity index (χ4n) is 0.456. The standard InChI is InChI=1S/C5H10N4/c1-4(2)5-6-8-9(3)7-5/h4H,1-3H3/i3D3. The van der Waals surface area contributed by atoms with Gasteiger partial charge in [0.15, 0.2) is 5.82 Å². The number of aryl methyl sites for hydroxylation is 1. The lowest BCUT2D eigenvalue weighted by atomic mass is 10.2. The zero-order valence-electron chi connectivity index (χ0n) is 8.37. The highest BCUT2D eigenvalue weighted by Crippen LogP contribution is 2.04. The topological polar surface area (TPSA) is 43.6 Å². The summed E-state index contributed by atoms with van der Waals surface area (Å²) in [7, 11) is 0. The molecule has 0 aliphatic rings. The molecule has 0 amide bonds. The summed E-state index contributed by atoms with van der Waals surface area (Å²) in [6.07, 6.45) is 0. The molecule has 0 saturated carbocycles. The van der Waals surface area contributed by atoms with Crippen molar-refractivity contribution in [2.24, 2.45) is 6.98 Å². The molecule has 1 aromatic heterocycles. The lowest BCUT2D eigenvalue weighted by molar-refractivity contribution is 0.625. The second-order valence-electron chi connectivity index (χ2n) is 2.09. The molecule has 0 aliphatic heterocycles. The maximum atomic E-state index is 6.96. The van der Waals surface area contributed by atoms with Gasteiger partial charge in [-0.15, -0.1) is 10.2 Å². The highest BCUT2D eigenvalue weighted by molar-refractivity contribution is 4.83. The van der Waals surface area contributed by atoms with Crippen LogP contribution in [0.5, 0.6) is 0 Å². The molecule has 0 saturated heterocycles. The number of rotatable bonds is 1. The van der Waals surface area contributed by atoms with Crippen LogP contribution in [-0.4, -0.2) is 20.2 Å². The van der Waals surface area contributed by atoms with Crippen molar-refractivity contribution in [3.63, 3.8) is 0 Å². The van der Waals surface area contributed by atoms with E-state index in [9.17, 15) is 0 Å². The zero-order chi connectivity index (χ0) is 9.35. The van der Waals surface area contributed by atoms with E-state index in [4.69, 9.17) is 4.11 Å². The van der Waals surface area contributed by atoms with Crippen molar-refractivity contribution in [1.29, 1.82) is 0 Å². The predicted molar refractivity (Wildman–Crippen MR) is 32.9 cm³/mol. The van der Waals surface area contributed by atoms with Crippen molar-refractivity contribution < 1.29 is 4.11 Å². The van der Waals surface area contributed by atoms with Gasteiger partial charge in [0, 0.05) is 10.0 Å². The van der Waals surface area contributed by atoms with E-state index < -0.39 is 6.98 Å². The Kier molecular flexibility index (Phi) is 0.777. The van der Waals surface area contributed by atoms with E-state index in [1.807, 2.05) is 13.8 Å². The average molecular weight is 129 g/mol. The van der Waals surface area contributed by atoms with Crippen molar-refractivity contribution in [3.8, 4) is 0 Å². The van der Waals surface area contributed by atoms with Crippen LogP contribution in [-0.2, 0) is 6.98 Å². The average Bonchev–Trinajstić information content (AvgIpc) is 2.30. The summed E-state index contributed by atoms with van der Waals surface area (Å²) >= 11 is 0. The van der Waals surface area contributed by atoms with Crippen LogP contribution >= 0.6 is 0 Å². The number of hydrogen-bond acceptors (Lipinski definition) is 3. The monoisotopic (exact) mass is 129 g/mol. The van der Waals surface area contributed by atoms with Crippen LogP contribution in [0, 0.1) is 0 Å². The Labute approximate surface area is 58.1 Å². The SMILES string of the molecule is [2H]C([2H])([2H])n1nnc(C(C)C)n1. The van der Waals surface area contributed by atoms with Crippen molar-refractivity contribution >= 4 is 0 Å². The molecule has 4 nitrogen and oxygen atoms in total. The first-order valence-electron chi connectivity index (χ1n) is 4.21. The Hall–Kier alpha value is -0.930. The smallest absolute Gasteiger partial charge is 0.167 e. The molecule has 0 aromatic carbocycles. The summed E-state index contributed by atoms with van der Waals surface area (Å²) in [6.45, 7) is 1.43. The molecular formula is C5H10N4. The molecule has 1 heterocycles. The Morgan fingerprint density at radius 3 is 2.78 bits per heavy atom. The van der Waals surface area contributed by atoms with Gasteiger partial charge in [-0.3, -0.25) is 0 Å². The normalized spacial score (nSPS) is 17.0. The Morgan fingerprint density at radius 2 is 2.44 bits per heavy atom. The van der Waals surface area contributed by atoms with Gasteiger partial charge in [0.05, 0.1) is 6.98 Å². The molecule has 0 atom stereocenters. The first-order valence-corrected chi connectivity index (χ1v) is 2.71. The molecule has 50 valence electrons. The second-order valence-corrected chi connectivity index (χ2v) is 2.09.